The molecule has 1 rings (SSSR count). The number of aromatic hydroxyl groups is 1. The number of benzene rings is 1. The average molecular weight is 522 g/mol. The number of carbonyl (C=O) groups excluding carboxylic acids is 3. The predicted molar refractivity (Wildman–Crippen MR) is 138 cm³/mol. The molecule has 13 heteroatoms. The molecule has 0 spiro atoms. The van der Waals surface area contributed by atoms with Crippen LogP contribution < -0.4 is 33.2 Å². The lowest BCUT2D eigenvalue weighted by molar-refractivity contribution is -0.142. The Morgan fingerprint density at radius 1 is 0.919 bits per heavy atom. The molecule has 0 saturated carbocycles. The number of guanidine groups is 1. The van der Waals surface area contributed by atoms with Crippen LogP contribution in [0.25, 0.3) is 0 Å². The van der Waals surface area contributed by atoms with Crippen LogP contribution >= 0.6 is 0 Å². The molecule has 11 N–H and O–H groups in total. The zero-order chi connectivity index (χ0) is 28.1. The van der Waals surface area contributed by atoms with Crippen molar-refractivity contribution >= 4 is 29.7 Å². The summed E-state index contributed by atoms with van der Waals surface area (Å²) in [4.78, 5) is 53.5. The number of nitrogens with zero attached hydrogens (tertiary/aromatic N) is 1. The maximum atomic E-state index is 12.9. The number of carbonyl (C=O) groups is 4. The number of hydrogen-bond donors (Lipinski definition) is 8. The van der Waals surface area contributed by atoms with Crippen LogP contribution in [0.4, 0.5) is 0 Å². The van der Waals surface area contributed by atoms with Gasteiger partial charge in [0.2, 0.25) is 17.7 Å². The SMILES string of the molecule is CC(C)CC(NC(=O)C(C)NC(=O)C(N)Cc1ccc(O)cc1)C(=O)NC(CCCN=C(N)N)C(=O)O. The number of aliphatic imine (C=N–C) groups is 1. The third-order valence-corrected chi connectivity index (χ3v) is 5.38. The Labute approximate surface area is 216 Å². The normalized spacial score (nSPS) is 14.1. The fourth-order valence-corrected chi connectivity index (χ4v) is 3.40. The number of hydrogen-bond acceptors (Lipinski definition) is 7. The van der Waals surface area contributed by atoms with Gasteiger partial charge < -0.3 is 43.4 Å². The zero-order valence-electron chi connectivity index (χ0n) is 21.4. The highest BCUT2D eigenvalue weighted by atomic mass is 16.4. The third kappa shape index (κ3) is 12.1. The van der Waals surface area contributed by atoms with E-state index < -0.39 is 47.9 Å². The van der Waals surface area contributed by atoms with Crippen molar-refractivity contribution in [3.05, 3.63) is 29.8 Å². The summed E-state index contributed by atoms with van der Waals surface area (Å²) in [5.74, 6) is -3.08. The Balaban J connectivity index is 2.74. The number of carboxylic acids is 1. The summed E-state index contributed by atoms with van der Waals surface area (Å²) in [7, 11) is 0. The molecule has 13 nitrogen and oxygen atoms in total. The molecule has 0 aliphatic carbocycles. The molecule has 3 amide bonds. The van der Waals surface area contributed by atoms with Gasteiger partial charge in [-0.1, -0.05) is 26.0 Å². The summed E-state index contributed by atoms with van der Waals surface area (Å²) in [6.45, 7) is 5.36. The lowest BCUT2D eigenvalue weighted by atomic mass is 10.0. The monoisotopic (exact) mass is 521 g/mol. The second-order valence-corrected chi connectivity index (χ2v) is 9.25. The highest BCUT2D eigenvalue weighted by Gasteiger charge is 2.29. The molecule has 0 aliphatic rings. The molecule has 0 heterocycles. The van der Waals surface area contributed by atoms with Crippen molar-refractivity contribution in [1.82, 2.24) is 16.0 Å². The van der Waals surface area contributed by atoms with Crippen molar-refractivity contribution < 1.29 is 29.4 Å². The first-order valence-electron chi connectivity index (χ1n) is 12.0. The number of phenols is 1. The number of rotatable bonds is 15. The van der Waals surface area contributed by atoms with Crippen LogP contribution in [0.3, 0.4) is 0 Å². The molecule has 0 fully saturated rings. The minimum Gasteiger partial charge on any atom is -0.508 e. The zero-order valence-corrected chi connectivity index (χ0v) is 21.4. The van der Waals surface area contributed by atoms with Gasteiger partial charge >= 0.3 is 5.97 Å². The van der Waals surface area contributed by atoms with Crippen molar-refractivity contribution in [2.24, 2.45) is 28.1 Å². The Hall–Kier alpha value is -3.87. The van der Waals surface area contributed by atoms with Gasteiger partial charge in [-0.25, -0.2) is 4.79 Å². The summed E-state index contributed by atoms with van der Waals surface area (Å²) in [6, 6.07) is 2.09. The van der Waals surface area contributed by atoms with Gasteiger partial charge in [0.05, 0.1) is 6.04 Å². The standard InChI is InChI=1S/C24H39N7O6/c1-13(2)11-19(22(35)30-18(23(36)37)5-4-10-28-24(26)27)31-20(33)14(3)29-21(34)17(25)12-15-6-8-16(32)9-7-15/h6-9,13-14,17-19,32H,4-5,10-12,25H2,1-3H3,(H,29,34)(H,30,35)(H,31,33)(H,36,37)(H4,26,27,28). The maximum absolute atomic E-state index is 12.9. The van der Waals surface area contributed by atoms with E-state index in [0.717, 1.165) is 5.56 Å². The first-order chi connectivity index (χ1) is 17.3. The van der Waals surface area contributed by atoms with Gasteiger partial charge in [0, 0.05) is 6.54 Å². The van der Waals surface area contributed by atoms with Crippen LogP contribution in [0.5, 0.6) is 5.75 Å². The third-order valence-electron chi connectivity index (χ3n) is 5.38. The smallest absolute Gasteiger partial charge is 0.326 e. The highest BCUT2D eigenvalue weighted by Crippen LogP contribution is 2.11. The summed E-state index contributed by atoms with van der Waals surface area (Å²) >= 11 is 0. The van der Waals surface area contributed by atoms with Crippen molar-refractivity contribution in [2.75, 3.05) is 6.54 Å². The Morgan fingerprint density at radius 3 is 2.05 bits per heavy atom. The van der Waals surface area contributed by atoms with Crippen LogP contribution in [-0.4, -0.2) is 70.6 Å². The minimum atomic E-state index is -1.23. The Bertz CT molecular complexity index is 947. The molecule has 0 saturated heterocycles. The Morgan fingerprint density at radius 2 is 1.51 bits per heavy atom. The van der Waals surface area contributed by atoms with E-state index in [1.54, 1.807) is 12.1 Å². The van der Waals surface area contributed by atoms with E-state index >= 15 is 0 Å². The van der Waals surface area contributed by atoms with E-state index in [-0.39, 0.29) is 43.4 Å². The first-order valence-corrected chi connectivity index (χ1v) is 12.0. The summed E-state index contributed by atoms with van der Waals surface area (Å²) in [5, 5.41) is 26.4. The van der Waals surface area contributed by atoms with E-state index in [9.17, 15) is 29.4 Å². The molecule has 0 radical (unpaired) electrons. The van der Waals surface area contributed by atoms with E-state index in [4.69, 9.17) is 17.2 Å². The minimum absolute atomic E-state index is 0.00447. The largest absolute Gasteiger partial charge is 0.508 e. The maximum Gasteiger partial charge on any atom is 0.326 e. The van der Waals surface area contributed by atoms with Gasteiger partial charge in [0.15, 0.2) is 5.96 Å². The van der Waals surface area contributed by atoms with Crippen LogP contribution in [0, 0.1) is 5.92 Å². The lowest BCUT2D eigenvalue weighted by Gasteiger charge is -2.25. The molecule has 0 bridgehead atoms. The van der Waals surface area contributed by atoms with E-state index in [0.29, 0.717) is 6.42 Å². The molecule has 1 aromatic rings. The molecule has 206 valence electrons. The Kier molecular flexibility index (Phi) is 12.9. The fourth-order valence-electron chi connectivity index (χ4n) is 3.40. The second kappa shape index (κ2) is 15.3. The average Bonchev–Trinajstić information content (AvgIpc) is 2.81. The number of phenolic OH excluding ortho intramolecular Hbond substituents is 1. The van der Waals surface area contributed by atoms with Gasteiger partial charge in [-0.05, 0) is 56.2 Å². The molecule has 37 heavy (non-hydrogen) atoms. The summed E-state index contributed by atoms with van der Waals surface area (Å²) in [5.41, 5.74) is 17.2. The second-order valence-electron chi connectivity index (χ2n) is 9.25. The van der Waals surface area contributed by atoms with Crippen LogP contribution in [-0.2, 0) is 25.6 Å². The topological polar surface area (TPSA) is 235 Å². The first kappa shape index (κ1) is 31.2. The molecule has 0 aromatic heterocycles. The van der Waals surface area contributed by atoms with Crippen molar-refractivity contribution in [2.45, 2.75) is 70.6 Å². The van der Waals surface area contributed by atoms with Crippen LogP contribution in [0.15, 0.2) is 29.3 Å². The molecule has 1 aromatic carbocycles. The molecule has 0 aliphatic heterocycles. The van der Waals surface area contributed by atoms with Gasteiger partial charge in [0.25, 0.3) is 0 Å². The number of carboxylic acid groups (broad SMARTS) is 1. The lowest BCUT2D eigenvalue weighted by Crippen LogP contribution is -2.56. The molecule has 4 unspecified atom stereocenters. The van der Waals surface area contributed by atoms with E-state index in [2.05, 4.69) is 20.9 Å². The number of nitrogens with one attached hydrogen (secondary N) is 3. The summed E-state index contributed by atoms with van der Waals surface area (Å²) in [6.07, 6.45) is 0.854. The van der Waals surface area contributed by atoms with Crippen LogP contribution in [0.1, 0.15) is 45.6 Å². The number of aliphatic carboxylic acids is 1. The summed E-state index contributed by atoms with van der Waals surface area (Å²) < 4.78 is 0. The van der Waals surface area contributed by atoms with Gasteiger partial charge in [-0.15, -0.1) is 0 Å². The van der Waals surface area contributed by atoms with Gasteiger partial charge in [-0.2, -0.15) is 0 Å². The van der Waals surface area contributed by atoms with Crippen LogP contribution in [0.2, 0.25) is 0 Å². The van der Waals surface area contributed by atoms with E-state index in [1.165, 1.54) is 19.1 Å². The number of nitrogens with two attached hydrogens (primary N) is 3. The predicted octanol–water partition coefficient (Wildman–Crippen LogP) is -1.08. The fraction of sp³-hybridized carbons (Fsp3) is 0.542. The molecular weight excluding hydrogens is 482 g/mol. The van der Waals surface area contributed by atoms with Gasteiger partial charge in [0.1, 0.15) is 23.9 Å². The molecular formula is C24H39N7O6. The van der Waals surface area contributed by atoms with Crippen molar-refractivity contribution in [3.63, 3.8) is 0 Å². The van der Waals surface area contributed by atoms with Gasteiger partial charge in [-0.3, -0.25) is 19.4 Å². The van der Waals surface area contributed by atoms with Crippen molar-refractivity contribution in [1.29, 1.82) is 0 Å². The molecule has 4 atom stereocenters. The van der Waals surface area contributed by atoms with Crippen molar-refractivity contribution in [3.8, 4) is 5.75 Å². The highest BCUT2D eigenvalue weighted by molar-refractivity contribution is 5.93. The quantitative estimate of drug-likeness (QED) is 0.0794. The van der Waals surface area contributed by atoms with E-state index in [1.807, 2.05) is 13.8 Å². The number of amides is 3.